The molecule has 0 radical (unpaired) electrons. The molecule has 0 aliphatic rings. The van der Waals surface area contributed by atoms with Gasteiger partial charge in [-0.2, -0.15) is 0 Å². The summed E-state index contributed by atoms with van der Waals surface area (Å²) in [6.07, 6.45) is 0.572. The first kappa shape index (κ1) is 15.7. The van der Waals surface area contributed by atoms with Crippen molar-refractivity contribution < 1.29 is 9.90 Å². The number of benzene rings is 1. The highest BCUT2D eigenvalue weighted by molar-refractivity contribution is 5.73. The highest BCUT2D eigenvalue weighted by Gasteiger charge is 2.31. The van der Waals surface area contributed by atoms with Crippen LogP contribution in [0, 0.1) is 26.2 Å². The summed E-state index contributed by atoms with van der Waals surface area (Å²) in [5.74, 6) is -0.755. The third kappa shape index (κ3) is 3.57. The van der Waals surface area contributed by atoms with Gasteiger partial charge in [-0.3, -0.25) is 4.79 Å². The van der Waals surface area contributed by atoms with E-state index in [4.69, 9.17) is 0 Å². The summed E-state index contributed by atoms with van der Waals surface area (Å²) in [6, 6.07) is 4.40. The number of nitrogens with one attached hydrogen (secondary N) is 1. The van der Waals surface area contributed by atoms with Crippen molar-refractivity contribution in [1.29, 1.82) is 0 Å². The van der Waals surface area contributed by atoms with Crippen LogP contribution in [0.5, 0.6) is 0 Å². The van der Waals surface area contributed by atoms with Crippen LogP contribution in [0.1, 0.15) is 48.6 Å². The molecule has 0 amide bonds. The number of hydrogen-bond donors (Lipinski definition) is 2. The third-order valence-electron chi connectivity index (χ3n) is 3.90. The molecule has 3 nitrogen and oxygen atoms in total. The normalized spacial score (nSPS) is 13.4. The molecule has 3 heteroatoms. The van der Waals surface area contributed by atoms with Gasteiger partial charge >= 0.3 is 5.97 Å². The molecule has 0 saturated heterocycles. The molecule has 0 aliphatic carbocycles. The van der Waals surface area contributed by atoms with E-state index in [9.17, 15) is 9.90 Å². The number of carboxylic acid groups (broad SMARTS) is 1. The van der Waals surface area contributed by atoms with Crippen LogP contribution >= 0.6 is 0 Å². The number of aliphatic carboxylic acids is 1. The fourth-order valence-corrected chi connectivity index (χ4v) is 2.32. The van der Waals surface area contributed by atoms with Crippen molar-refractivity contribution in [3.8, 4) is 0 Å². The van der Waals surface area contributed by atoms with E-state index >= 15 is 0 Å². The van der Waals surface area contributed by atoms with Crippen molar-refractivity contribution in [2.75, 3.05) is 7.05 Å². The van der Waals surface area contributed by atoms with Crippen molar-refractivity contribution in [2.45, 2.75) is 47.1 Å². The van der Waals surface area contributed by atoms with Crippen molar-refractivity contribution in [1.82, 2.24) is 5.32 Å². The standard InChI is InChI=1S/C16H25NO2/c1-10-7-12(3)13(8-11(10)2)14(17-6)9-16(4,5)15(18)19/h7-8,14,17H,9H2,1-6H3,(H,18,19). The molecule has 106 valence electrons. The first-order valence-corrected chi connectivity index (χ1v) is 6.67. The Labute approximate surface area is 116 Å². The fraction of sp³-hybridized carbons (Fsp3) is 0.562. The van der Waals surface area contributed by atoms with E-state index in [1.807, 2.05) is 7.05 Å². The van der Waals surface area contributed by atoms with Crippen LogP contribution in [0.3, 0.4) is 0 Å². The maximum atomic E-state index is 11.3. The van der Waals surface area contributed by atoms with Gasteiger partial charge in [0.05, 0.1) is 5.41 Å². The maximum Gasteiger partial charge on any atom is 0.309 e. The van der Waals surface area contributed by atoms with E-state index < -0.39 is 11.4 Å². The Morgan fingerprint density at radius 2 is 1.74 bits per heavy atom. The average molecular weight is 263 g/mol. The van der Waals surface area contributed by atoms with E-state index in [0.717, 1.165) is 0 Å². The Bertz CT molecular complexity index is 478. The lowest BCUT2D eigenvalue weighted by atomic mass is 9.82. The van der Waals surface area contributed by atoms with Crippen LogP contribution in [0.25, 0.3) is 0 Å². The molecule has 0 aliphatic heterocycles. The van der Waals surface area contributed by atoms with Crippen molar-refractivity contribution in [3.05, 3.63) is 34.4 Å². The number of hydrogen-bond acceptors (Lipinski definition) is 2. The molecule has 19 heavy (non-hydrogen) atoms. The van der Waals surface area contributed by atoms with Crippen molar-refractivity contribution >= 4 is 5.97 Å². The molecule has 0 saturated carbocycles. The van der Waals surface area contributed by atoms with Gasteiger partial charge in [0.2, 0.25) is 0 Å². The summed E-state index contributed by atoms with van der Waals surface area (Å²) in [5.41, 5.74) is 4.19. The predicted octanol–water partition coefficient (Wildman–Crippen LogP) is 3.37. The molecular weight excluding hydrogens is 238 g/mol. The smallest absolute Gasteiger partial charge is 0.309 e. The molecule has 1 aromatic carbocycles. The maximum absolute atomic E-state index is 11.3. The van der Waals surface area contributed by atoms with Crippen LogP contribution in [0.2, 0.25) is 0 Å². The van der Waals surface area contributed by atoms with Crippen LogP contribution in [-0.4, -0.2) is 18.1 Å². The lowest BCUT2D eigenvalue weighted by molar-refractivity contribution is -0.147. The summed E-state index contributed by atoms with van der Waals surface area (Å²) in [4.78, 5) is 11.3. The highest BCUT2D eigenvalue weighted by atomic mass is 16.4. The van der Waals surface area contributed by atoms with E-state index in [0.29, 0.717) is 6.42 Å². The lowest BCUT2D eigenvalue weighted by Gasteiger charge is -2.27. The second-order valence-electron chi connectivity index (χ2n) is 6.03. The van der Waals surface area contributed by atoms with Crippen LogP contribution in [-0.2, 0) is 4.79 Å². The lowest BCUT2D eigenvalue weighted by Crippen LogP contribution is -2.30. The quantitative estimate of drug-likeness (QED) is 0.856. The zero-order chi connectivity index (χ0) is 14.8. The molecule has 0 spiro atoms. The Morgan fingerprint density at radius 3 is 2.21 bits per heavy atom. The van der Waals surface area contributed by atoms with Crippen LogP contribution in [0.4, 0.5) is 0 Å². The minimum atomic E-state index is -0.755. The van der Waals surface area contributed by atoms with E-state index in [1.54, 1.807) is 13.8 Å². The molecule has 0 fully saturated rings. The zero-order valence-corrected chi connectivity index (χ0v) is 12.8. The fourth-order valence-electron chi connectivity index (χ4n) is 2.32. The summed E-state index contributed by atoms with van der Waals surface area (Å²) in [6.45, 7) is 9.82. The SMILES string of the molecule is CNC(CC(C)(C)C(=O)O)c1cc(C)c(C)cc1C. The molecular formula is C16H25NO2. The molecule has 1 rings (SSSR count). The first-order chi connectivity index (χ1) is 8.69. The minimum Gasteiger partial charge on any atom is -0.481 e. The van der Waals surface area contributed by atoms with Gasteiger partial charge in [0, 0.05) is 6.04 Å². The summed E-state index contributed by atoms with van der Waals surface area (Å²) >= 11 is 0. The Kier molecular flexibility index (Phi) is 4.75. The van der Waals surface area contributed by atoms with Gasteiger partial charge in [-0.1, -0.05) is 12.1 Å². The van der Waals surface area contributed by atoms with Gasteiger partial charge in [-0.25, -0.2) is 0 Å². The third-order valence-corrected chi connectivity index (χ3v) is 3.90. The van der Waals surface area contributed by atoms with Crippen LogP contribution in [0.15, 0.2) is 12.1 Å². The van der Waals surface area contributed by atoms with E-state index in [1.165, 1.54) is 22.3 Å². The topological polar surface area (TPSA) is 49.3 Å². The van der Waals surface area contributed by atoms with E-state index in [2.05, 4.69) is 38.2 Å². The second kappa shape index (κ2) is 5.74. The Balaban J connectivity index is 3.11. The minimum absolute atomic E-state index is 0.0606. The van der Waals surface area contributed by atoms with Gasteiger partial charge in [0.1, 0.15) is 0 Å². The molecule has 1 unspecified atom stereocenters. The predicted molar refractivity (Wildman–Crippen MR) is 78.5 cm³/mol. The molecule has 0 heterocycles. The molecule has 1 atom stereocenters. The average Bonchev–Trinajstić information content (AvgIpc) is 2.31. The van der Waals surface area contributed by atoms with Gasteiger partial charge in [-0.15, -0.1) is 0 Å². The summed E-state index contributed by atoms with van der Waals surface area (Å²) in [7, 11) is 1.89. The van der Waals surface area contributed by atoms with Crippen molar-refractivity contribution in [3.63, 3.8) is 0 Å². The monoisotopic (exact) mass is 263 g/mol. The van der Waals surface area contributed by atoms with Gasteiger partial charge in [-0.05, 0) is 70.3 Å². The summed E-state index contributed by atoms with van der Waals surface area (Å²) in [5, 5.41) is 12.5. The number of rotatable bonds is 5. The summed E-state index contributed by atoms with van der Waals surface area (Å²) < 4.78 is 0. The van der Waals surface area contributed by atoms with Crippen LogP contribution < -0.4 is 5.32 Å². The molecule has 0 bridgehead atoms. The zero-order valence-electron chi connectivity index (χ0n) is 12.8. The van der Waals surface area contributed by atoms with E-state index in [-0.39, 0.29) is 6.04 Å². The van der Waals surface area contributed by atoms with Gasteiger partial charge < -0.3 is 10.4 Å². The second-order valence-corrected chi connectivity index (χ2v) is 6.03. The van der Waals surface area contributed by atoms with Gasteiger partial charge in [0.15, 0.2) is 0 Å². The number of carboxylic acids is 1. The molecule has 2 N–H and O–H groups in total. The number of carbonyl (C=O) groups is 1. The largest absolute Gasteiger partial charge is 0.481 e. The molecule has 1 aromatic rings. The Hall–Kier alpha value is -1.35. The number of aryl methyl sites for hydroxylation is 3. The Morgan fingerprint density at radius 1 is 1.21 bits per heavy atom. The van der Waals surface area contributed by atoms with Gasteiger partial charge in [0.25, 0.3) is 0 Å². The molecule has 0 aromatic heterocycles. The first-order valence-electron chi connectivity index (χ1n) is 6.67. The highest BCUT2D eigenvalue weighted by Crippen LogP contribution is 2.32. The van der Waals surface area contributed by atoms with Crippen molar-refractivity contribution in [2.24, 2.45) is 5.41 Å².